The van der Waals surface area contributed by atoms with Crippen LogP contribution in [0, 0.1) is 6.92 Å². The minimum absolute atomic E-state index is 0.0282. The molecule has 2 rings (SSSR count). The van der Waals surface area contributed by atoms with Crippen LogP contribution in [0.15, 0.2) is 29.6 Å². The molecule has 0 spiro atoms. The van der Waals surface area contributed by atoms with Gasteiger partial charge < -0.3 is 10.1 Å². The van der Waals surface area contributed by atoms with Crippen LogP contribution < -0.4 is 10.1 Å². The number of aryl methyl sites for hydroxylation is 1. The molecule has 1 heterocycles. The maximum absolute atomic E-state index is 5.97. The zero-order chi connectivity index (χ0) is 14.5. The lowest BCUT2D eigenvalue weighted by Gasteiger charge is -2.24. The van der Waals surface area contributed by atoms with E-state index in [9.17, 15) is 0 Å². The first-order valence-electron chi connectivity index (χ1n) is 6.59. The maximum Gasteiger partial charge on any atom is 0.121 e. The third-order valence-electron chi connectivity index (χ3n) is 3.15. The summed E-state index contributed by atoms with van der Waals surface area (Å²) >= 11 is 7.65. The van der Waals surface area contributed by atoms with Crippen LogP contribution in [-0.4, -0.2) is 24.2 Å². The Kier molecular flexibility index (Phi) is 5.40. The molecule has 0 aliphatic carbocycles. The summed E-state index contributed by atoms with van der Waals surface area (Å²) in [4.78, 5) is 4.50. The van der Waals surface area contributed by atoms with E-state index < -0.39 is 0 Å². The second kappa shape index (κ2) is 7.07. The predicted molar refractivity (Wildman–Crippen MR) is 84.9 cm³/mol. The molecule has 0 aliphatic heterocycles. The Labute approximate surface area is 129 Å². The summed E-state index contributed by atoms with van der Waals surface area (Å²) in [6, 6.07) is 7.69. The quantitative estimate of drug-likeness (QED) is 0.883. The number of thiazole rings is 1. The van der Waals surface area contributed by atoms with Crippen molar-refractivity contribution in [1.82, 2.24) is 10.3 Å². The molecule has 2 unspecified atom stereocenters. The first-order valence-corrected chi connectivity index (χ1v) is 7.84. The number of hydrogen-bond acceptors (Lipinski definition) is 4. The van der Waals surface area contributed by atoms with E-state index in [0.29, 0.717) is 5.02 Å². The third-order valence-corrected chi connectivity index (χ3v) is 4.21. The fourth-order valence-corrected chi connectivity index (χ4v) is 2.87. The van der Waals surface area contributed by atoms with Crippen LogP contribution in [0.3, 0.4) is 0 Å². The molecule has 0 saturated heterocycles. The van der Waals surface area contributed by atoms with E-state index in [4.69, 9.17) is 16.3 Å². The predicted octanol–water partition coefficient (Wildman–Crippen LogP) is 3.70. The average molecular weight is 311 g/mol. The Morgan fingerprint density at radius 1 is 1.45 bits per heavy atom. The second-order valence-electron chi connectivity index (χ2n) is 4.74. The van der Waals surface area contributed by atoms with Gasteiger partial charge in [0, 0.05) is 22.9 Å². The van der Waals surface area contributed by atoms with Crippen LogP contribution in [0.25, 0.3) is 0 Å². The van der Waals surface area contributed by atoms with Crippen molar-refractivity contribution in [2.45, 2.75) is 32.4 Å². The Morgan fingerprint density at radius 3 is 2.85 bits per heavy atom. The third kappa shape index (κ3) is 4.20. The van der Waals surface area contributed by atoms with Gasteiger partial charge in [0.05, 0.1) is 10.7 Å². The lowest BCUT2D eigenvalue weighted by molar-refractivity contribution is 0.173. The Hall–Kier alpha value is -1.10. The molecule has 0 bridgehead atoms. The molecule has 1 aromatic carbocycles. The molecular weight excluding hydrogens is 292 g/mol. The Balaban J connectivity index is 1.99. The molecule has 2 atom stereocenters. The van der Waals surface area contributed by atoms with Gasteiger partial charge in [0.1, 0.15) is 11.9 Å². The molecule has 0 fully saturated rings. The largest absolute Gasteiger partial charge is 0.489 e. The van der Waals surface area contributed by atoms with E-state index in [1.54, 1.807) is 11.3 Å². The Bertz CT molecular complexity index is 558. The zero-order valence-electron chi connectivity index (χ0n) is 11.9. The first kappa shape index (κ1) is 15.3. The van der Waals surface area contributed by atoms with Crippen molar-refractivity contribution < 1.29 is 4.74 Å². The minimum atomic E-state index is 0.0282. The topological polar surface area (TPSA) is 34.2 Å². The Morgan fingerprint density at radius 2 is 2.25 bits per heavy atom. The molecule has 5 heteroatoms. The van der Waals surface area contributed by atoms with Gasteiger partial charge in [-0.2, -0.15) is 0 Å². The molecule has 108 valence electrons. The maximum atomic E-state index is 5.97. The molecule has 0 aliphatic rings. The van der Waals surface area contributed by atoms with Crippen molar-refractivity contribution in [1.29, 1.82) is 0 Å². The fourth-order valence-electron chi connectivity index (χ4n) is 2.07. The van der Waals surface area contributed by atoms with Gasteiger partial charge in [-0.05, 0) is 39.1 Å². The number of nitrogens with zero attached hydrogens (tertiary/aromatic N) is 1. The van der Waals surface area contributed by atoms with Crippen LogP contribution in [0.4, 0.5) is 0 Å². The summed E-state index contributed by atoms with van der Waals surface area (Å²) in [5.74, 6) is 0.791. The number of ether oxygens (including phenoxy) is 1. The highest BCUT2D eigenvalue weighted by atomic mass is 35.5. The van der Waals surface area contributed by atoms with Gasteiger partial charge in [-0.3, -0.25) is 0 Å². The molecule has 2 aromatic rings. The van der Waals surface area contributed by atoms with Gasteiger partial charge in [-0.25, -0.2) is 4.98 Å². The second-order valence-corrected chi connectivity index (χ2v) is 6.24. The van der Waals surface area contributed by atoms with Crippen molar-refractivity contribution in [2.75, 3.05) is 7.05 Å². The van der Waals surface area contributed by atoms with E-state index in [2.05, 4.69) is 22.6 Å². The summed E-state index contributed by atoms with van der Waals surface area (Å²) in [5, 5.41) is 7.19. The molecule has 20 heavy (non-hydrogen) atoms. The number of rotatable bonds is 6. The average Bonchev–Trinajstić information content (AvgIpc) is 2.81. The van der Waals surface area contributed by atoms with Crippen molar-refractivity contribution in [3.63, 3.8) is 0 Å². The van der Waals surface area contributed by atoms with Gasteiger partial charge in [-0.15, -0.1) is 11.3 Å². The number of likely N-dealkylation sites (N-methyl/N-ethyl adjacent to an activating group) is 1. The molecule has 0 amide bonds. The molecule has 0 saturated carbocycles. The highest BCUT2D eigenvalue weighted by Crippen LogP contribution is 2.20. The normalized spacial score (nSPS) is 14.0. The summed E-state index contributed by atoms with van der Waals surface area (Å²) < 4.78 is 5.96. The molecular formula is C15H19ClN2OS. The number of hydrogen-bond donors (Lipinski definition) is 1. The van der Waals surface area contributed by atoms with Gasteiger partial charge in [-0.1, -0.05) is 17.7 Å². The molecule has 1 aromatic heterocycles. The van der Waals surface area contributed by atoms with Crippen molar-refractivity contribution in [2.24, 2.45) is 0 Å². The molecule has 1 N–H and O–H groups in total. The van der Waals surface area contributed by atoms with Crippen LogP contribution in [0.1, 0.15) is 17.6 Å². The van der Waals surface area contributed by atoms with E-state index in [0.717, 1.165) is 22.9 Å². The summed E-state index contributed by atoms with van der Waals surface area (Å²) in [6.07, 6.45) is 0.878. The highest BCUT2D eigenvalue weighted by molar-refractivity contribution is 7.09. The van der Waals surface area contributed by atoms with Crippen LogP contribution in [0.5, 0.6) is 5.75 Å². The number of benzene rings is 1. The van der Waals surface area contributed by atoms with Gasteiger partial charge in [0.25, 0.3) is 0 Å². The van der Waals surface area contributed by atoms with Crippen molar-refractivity contribution in [3.8, 4) is 5.75 Å². The summed E-state index contributed by atoms with van der Waals surface area (Å²) in [7, 11) is 1.95. The highest BCUT2D eigenvalue weighted by Gasteiger charge is 2.19. The molecule has 3 nitrogen and oxygen atoms in total. The lowest BCUT2D eigenvalue weighted by atomic mass is 10.1. The number of halogens is 1. The van der Waals surface area contributed by atoms with E-state index in [1.807, 2.05) is 38.2 Å². The van der Waals surface area contributed by atoms with Gasteiger partial charge in [0.15, 0.2) is 0 Å². The molecule has 0 radical (unpaired) electrons. The van der Waals surface area contributed by atoms with E-state index in [-0.39, 0.29) is 12.1 Å². The van der Waals surface area contributed by atoms with E-state index >= 15 is 0 Å². The first-order chi connectivity index (χ1) is 9.58. The van der Waals surface area contributed by atoms with Crippen LogP contribution in [0.2, 0.25) is 5.02 Å². The lowest BCUT2D eigenvalue weighted by Crippen LogP contribution is -2.41. The van der Waals surface area contributed by atoms with E-state index in [1.165, 1.54) is 0 Å². The van der Waals surface area contributed by atoms with Crippen molar-refractivity contribution >= 4 is 22.9 Å². The standard InChI is InChI=1S/C15H19ClN2OS/c1-10(19-14-6-4-5-12(16)7-14)15(17-3)8-13-9-20-11(2)18-13/h4-7,9-10,15,17H,8H2,1-3H3. The van der Waals surface area contributed by atoms with Crippen LogP contribution in [-0.2, 0) is 6.42 Å². The minimum Gasteiger partial charge on any atom is -0.489 e. The monoisotopic (exact) mass is 310 g/mol. The summed E-state index contributed by atoms with van der Waals surface area (Å²) in [5.41, 5.74) is 1.10. The zero-order valence-corrected chi connectivity index (χ0v) is 13.5. The summed E-state index contributed by atoms with van der Waals surface area (Å²) in [6.45, 7) is 4.08. The SMILES string of the molecule is CNC(Cc1csc(C)n1)C(C)Oc1cccc(Cl)c1. The smallest absolute Gasteiger partial charge is 0.121 e. The van der Waals surface area contributed by atoms with Gasteiger partial charge in [0.2, 0.25) is 0 Å². The van der Waals surface area contributed by atoms with Crippen molar-refractivity contribution in [3.05, 3.63) is 45.4 Å². The van der Waals surface area contributed by atoms with Gasteiger partial charge >= 0.3 is 0 Å². The number of nitrogens with one attached hydrogen (secondary N) is 1. The fraction of sp³-hybridized carbons (Fsp3) is 0.400. The van der Waals surface area contributed by atoms with Crippen LogP contribution >= 0.6 is 22.9 Å². The number of aromatic nitrogens is 1.